The average molecular weight is 672 g/mol. The lowest BCUT2D eigenvalue weighted by molar-refractivity contribution is 0.0122. The van der Waals surface area contributed by atoms with E-state index in [2.05, 4.69) is 67.9 Å². The van der Waals surface area contributed by atoms with E-state index in [1.807, 2.05) is 25.7 Å². The Balaban J connectivity index is 1.63. The minimum atomic E-state index is -2.15. The van der Waals surface area contributed by atoms with Gasteiger partial charge in [0.15, 0.2) is 11.0 Å². The van der Waals surface area contributed by atoms with Crippen LogP contribution in [0.1, 0.15) is 107 Å². The number of ether oxygens (including phenoxy) is 2. The number of carbonyl (C=O) groups excluding carboxylic acids is 1. The van der Waals surface area contributed by atoms with Gasteiger partial charge in [-0.15, -0.1) is 5.54 Å². The van der Waals surface area contributed by atoms with E-state index in [1.165, 1.54) is 12.8 Å². The molecule has 2 unspecified atom stereocenters. The minimum Gasteiger partial charge on any atom is -0.463 e. The van der Waals surface area contributed by atoms with Crippen LogP contribution in [0.2, 0.25) is 21.8 Å². The van der Waals surface area contributed by atoms with Crippen molar-refractivity contribution in [2.24, 2.45) is 5.92 Å². The molecule has 3 aliphatic rings. The number of pyridine rings is 1. The Kier molecular flexibility index (Phi) is 10.2. The van der Waals surface area contributed by atoms with Gasteiger partial charge in [-0.05, 0) is 69.0 Å². The van der Waals surface area contributed by atoms with Crippen LogP contribution in [0.3, 0.4) is 0 Å². The Labute approximate surface area is 280 Å². The first-order chi connectivity index (χ1) is 21.6. The first kappa shape index (κ1) is 34.7. The number of rotatable bonds is 7. The molecule has 2 aromatic heterocycles. The van der Waals surface area contributed by atoms with Gasteiger partial charge < -0.3 is 14.4 Å². The number of anilines is 1. The Morgan fingerprint density at radius 2 is 1.57 bits per heavy atom. The van der Waals surface area contributed by atoms with Crippen LogP contribution in [0, 0.1) is 23.2 Å². The number of carbonyl (C=O) groups is 1. The van der Waals surface area contributed by atoms with Gasteiger partial charge in [0.25, 0.3) is 0 Å². The molecular formula is C35H51ClFN5O3Si. The first-order valence-corrected chi connectivity index (χ1v) is 19.7. The summed E-state index contributed by atoms with van der Waals surface area (Å²) in [6, 6.07) is -0.000330. The van der Waals surface area contributed by atoms with Crippen molar-refractivity contribution < 1.29 is 18.7 Å². The molecular weight excluding hydrogens is 621 g/mol. The van der Waals surface area contributed by atoms with Crippen molar-refractivity contribution in [1.82, 2.24) is 19.9 Å². The zero-order chi connectivity index (χ0) is 33.6. The second kappa shape index (κ2) is 13.5. The monoisotopic (exact) mass is 671 g/mol. The molecule has 2 aliphatic heterocycles. The second-order valence-electron chi connectivity index (χ2n) is 15.4. The highest BCUT2D eigenvalue weighted by molar-refractivity contribution is 6.90. The third-order valence-electron chi connectivity index (χ3n) is 10.3. The average Bonchev–Trinajstić information content (AvgIpc) is 3.58. The first-order valence-electron chi connectivity index (χ1n) is 17.1. The van der Waals surface area contributed by atoms with Crippen LogP contribution in [-0.2, 0) is 4.74 Å². The van der Waals surface area contributed by atoms with Crippen molar-refractivity contribution in [3.8, 4) is 17.5 Å². The summed E-state index contributed by atoms with van der Waals surface area (Å²) in [4.78, 5) is 31.3. The molecule has 4 heterocycles. The number of nitrogens with zero attached hydrogens (tertiary/aromatic N) is 5. The maximum atomic E-state index is 15.9. The highest BCUT2D eigenvalue weighted by atomic mass is 35.5. The summed E-state index contributed by atoms with van der Waals surface area (Å²) < 4.78 is 27.9. The molecule has 5 rings (SSSR count). The Hall–Kier alpha value is -2.64. The SMILES string of the molecule is CC(C)[Si](C#Cc1nc(Cl)c(F)c2nc(OCC3CCCC3)nc(N3CC4CCC(C3)N4C(=O)OC(C)(C)C)c12)(C(C)C)C(C)C. The standard InChI is InChI=1S/C35H51ClFN5O3Si/c1-21(2)46(22(3)4,23(5)6)17-16-27-28-30(29(37)31(36)38-27)39-33(44-20-24-12-10-11-13-24)40-32(28)41-18-25-14-15-26(19-41)42(25)34(43)45-35(7,8)9/h21-26H,10-15,18-20H2,1-9H3. The van der Waals surface area contributed by atoms with E-state index < -0.39 is 19.5 Å². The van der Waals surface area contributed by atoms with Crippen molar-refractivity contribution >= 4 is 42.5 Å². The number of hydrogen-bond donors (Lipinski definition) is 0. The van der Waals surface area contributed by atoms with Gasteiger partial charge in [0.2, 0.25) is 0 Å². The summed E-state index contributed by atoms with van der Waals surface area (Å²) >= 11 is 6.45. The summed E-state index contributed by atoms with van der Waals surface area (Å²) in [7, 11) is -2.15. The largest absolute Gasteiger partial charge is 0.463 e. The van der Waals surface area contributed by atoms with Crippen molar-refractivity contribution in [3.63, 3.8) is 0 Å². The van der Waals surface area contributed by atoms with E-state index in [-0.39, 0.29) is 34.9 Å². The normalized spacial score (nSPS) is 20.7. The van der Waals surface area contributed by atoms with Gasteiger partial charge in [-0.1, -0.05) is 71.9 Å². The van der Waals surface area contributed by atoms with Gasteiger partial charge >= 0.3 is 12.1 Å². The van der Waals surface area contributed by atoms with Crippen LogP contribution >= 0.6 is 11.6 Å². The number of piperazine rings is 1. The Bertz CT molecular complexity index is 1480. The molecule has 1 aliphatic carbocycles. The lowest BCUT2D eigenvalue weighted by Crippen LogP contribution is -2.57. The Morgan fingerprint density at radius 3 is 2.11 bits per heavy atom. The molecule has 11 heteroatoms. The zero-order valence-electron chi connectivity index (χ0n) is 29.0. The fraction of sp³-hybridized carbons (Fsp3) is 0.714. The number of halogens is 2. The van der Waals surface area contributed by atoms with Crippen molar-refractivity contribution in [1.29, 1.82) is 0 Å². The summed E-state index contributed by atoms with van der Waals surface area (Å²) in [5.41, 5.74) is 4.84. The number of amides is 1. The molecule has 46 heavy (non-hydrogen) atoms. The summed E-state index contributed by atoms with van der Waals surface area (Å²) in [5, 5.41) is 0.191. The van der Waals surface area contributed by atoms with Crippen LogP contribution in [-0.4, -0.2) is 71.4 Å². The molecule has 252 valence electrons. The Morgan fingerprint density at radius 1 is 0.978 bits per heavy atom. The van der Waals surface area contributed by atoms with E-state index in [0.29, 0.717) is 59.1 Å². The molecule has 1 amide bonds. The van der Waals surface area contributed by atoms with Crippen LogP contribution in [0.15, 0.2) is 0 Å². The van der Waals surface area contributed by atoms with Crippen molar-refractivity contribution in [3.05, 3.63) is 16.7 Å². The van der Waals surface area contributed by atoms with Crippen LogP contribution in [0.5, 0.6) is 6.01 Å². The van der Waals surface area contributed by atoms with E-state index >= 15 is 4.39 Å². The molecule has 2 saturated heterocycles. The lowest BCUT2D eigenvalue weighted by atomic mass is 10.1. The molecule has 8 nitrogen and oxygen atoms in total. The molecule has 2 atom stereocenters. The minimum absolute atomic E-state index is 0.0657. The lowest BCUT2D eigenvalue weighted by Gasteiger charge is -2.42. The van der Waals surface area contributed by atoms with E-state index in [4.69, 9.17) is 26.1 Å². The third kappa shape index (κ3) is 6.82. The molecule has 0 aromatic carbocycles. The maximum absolute atomic E-state index is 15.9. The van der Waals surface area contributed by atoms with E-state index in [9.17, 15) is 4.79 Å². The zero-order valence-corrected chi connectivity index (χ0v) is 30.8. The summed E-state index contributed by atoms with van der Waals surface area (Å²) in [5.74, 6) is 3.69. The molecule has 3 fully saturated rings. The fourth-order valence-corrected chi connectivity index (χ4v) is 13.5. The van der Waals surface area contributed by atoms with E-state index in [0.717, 1.165) is 25.7 Å². The van der Waals surface area contributed by atoms with E-state index in [1.54, 1.807) is 0 Å². The molecule has 2 bridgehead atoms. The highest BCUT2D eigenvalue weighted by Gasteiger charge is 2.46. The van der Waals surface area contributed by atoms with Gasteiger partial charge in [0.05, 0.1) is 24.1 Å². The van der Waals surface area contributed by atoms with Crippen molar-refractivity contribution in [2.45, 2.75) is 135 Å². The van der Waals surface area contributed by atoms with Gasteiger partial charge in [-0.25, -0.2) is 14.2 Å². The molecule has 0 radical (unpaired) electrons. The topological polar surface area (TPSA) is 80.7 Å². The van der Waals surface area contributed by atoms with Crippen LogP contribution in [0.25, 0.3) is 10.9 Å². The second-order valence-corrected chi connectivity index (χ2v) is 21.3. The predicted octanol–water partition coefficient (Wildman–Crippen LogP) is 8.54. The van der Waals surface area contributed by atoms with Gasteiger partial charge in [0, 0.05) is 13.1 Å². The number of fused-ring (bicyclic) bond motifs is 3. The predicted molar refractivity (Wildman–Crippen MR) is 185 cm³/mol. The smallest absolute Gasteiger partial charge is 0.410 e. The summed E-state index contributed by atoms with van der Waals surface area (Å²) in [6.07, 6.45) is 6.00. The van der Waals surface area contributed by atoms with Gasteiger partial charge in [-0.3, -0.25) is 4.90 Å². The quantitative estimate of drug-likeness (QED) is 0.166. The van der Waals surface area contributed by atoms with Gasteiger partial charge in [-0.2, -0.15) is 9.97 Å². The van der Waals surface area contributed by atoms with Crippen LogP contribution in [0.4, 0.5) is 15.0 Å². The third-order valence-corrected chi connectivity index (χ3v) is 16.8. The van der Waals surface area contributed by atoms with Crippen LogP contribution < -0.4 is 9.64 Å². The van der Waals surface area contributed by atoms with Gasteiger partial charge in [0.1, 0.15) is 30.7 Å². The number of aromatic nitrogens is 3. The highest BCUT2D eigenvalue weighted by Crippen LogP contribution is 2.42. The molecule has 0 spiro atoms. The fourth-order valence-electron chi connectivity index (χ4n) is 8.15. The number of hydrogen-bond acceptors (Lipinski definition) is 7. The summed E-state index contributed by atoms with van der Waals surface area (Å²) in [6.45, 7) is 20.7. The molecule has 0 N–H and O–H groups in total. The van der Waals surface area contributed by atoms with Crippen molar-refractivity contribution in [2.75, 3.05) is 24.6 Å². The maximum Gasteiger partial charge on any atom is 0.410 e. The molecule has 1 saturated carbocycles. The molecule has 2 aromatic rings.